The molecule has 0 spiro atoms. The Balaban J connectivity index is 1.68. The second-order valence-electron chi connectivity index (χ2n) is 8.38. The van der Waals surface area contributed by atoms with Gasteiger partial charge in [0.15, 0.2) is 22.9 Å². The molecule has 0 saturated carbocycles. The van der Waals surface area contributed by atoms with Crippen LogP contribution in [0.15, 0.2) is 76.7 Å². The molecule has 7 nitrogen and oxygen atoms in total. The molecular formula is C27H21ClN2O5. The van der Waals surface area contributed by atoms with Crippen LogP contribution < -0.4 is 9.64 Å². The van der Waals surface area contributed by atoms with Crippen LogP contribution in [0.1, 0.15) is 33.3 Å². The first-order chi connectivity index (χ1) is 16.8. The zero-order valence-corrected chi connectivity index (χ0v) is 20.0. The van der Waals surface area contributed by atoms with Crippen LogP contribution in [0.5, 0.6) is 5.75 Å². The summed E-state index contributed by atoms with van der Waals surface area (Å²) in [6.45, 7) is 3.78. The smallest absolute Gasteiger partial charge is 0.294 e. The zero-order valence-electron chi connectivity index (χ0n) is 19.2. The Morgan fingerprint density at radius 2 is 1.97 bits per heavy atom. The molecule has 2 aromatic carbocycles. The van der Waals surface area contributed by atoms with Gasteiger partial charge in [0.05, 0.1) is 18.7 Å². The minimum atomic E-state index is -0.900. The van der Waals surface area contributed by atoms with E-state index in [4.69, 9.17) is 20.8 Å². The van der Waals surface area contributed by atoms with Gasteiger partial charge in [-0.2, -0.15) is 0 Å². The standard InChI is InChI=1S/C27H21ClN2O5/c1-14-6-7-15(2)19(9-14)30-23(16-5-4-8-29-13-16)22(25(32)27(30)33)24(31)20-11-17-10-18(28)12-21(34-3)26(17)35-20/h4-13,23,32H,1-3H3. The summed E-state index contributed by atoms with van der Waals surface area (Å²) >= 11 is 6.16. The third kappa shape index (κ3) is 3.74. The molecule has 1 atom stereocenters. The number of fused-ring (bicyclic) bond motifs is 1. The van der Waals surface area contributed by atoms with E-state index in [0.717, 1.165) is 11.1 Å². The molecule has 3 heterocycles. The van der Waals surface area contributed by atoms with E-state index in [1.807, 2.05) is 32.0 Å². The van der Waals surface area contributed by atoms with Gasteiger partial charge in [-0.3, -0.25) is 19.5 Å². The average Bonchev–Trinajstić information content (AvgIpc) is 3.39. The minimum Gasteiger partial charge on any atom is -0.503 e. The quantitative estimate of drug-likeness (QED) is 0.352. The second-order valence-corrected chi connectivity index (χ2v) is 8.82. The van der Waals surface area contributed by atoms with Gasteiger partial charge in [-0.15, -0.1) is 0 Å². The van der Waals surface area contributed by atoms with Crippen molar-refractivity contribution in [3.8, 4) is 5.75 Å². The number of aliphatic hydroxyl groups excluding tert-OH is 1. The predicted molar refractivity (Wildman–Crippen MR) is 132 cm³/mol. The molecule has 176 valence electrons. The number of hydrogen-bond acceptors (Lipinski definition) is 6. The number of carbonyl (C=O) groups is 2. The Morgan fingerprint density at radius 1 is 1.17 bits per heavy atom. The number of halogens is 1. The van der Waals surface area contributed by atoms with Crippen molar-refractivity contribution < 1.29 is 23.8 Å². The van der Waals surface area contributed by atoms with Crippen molar-refractivity contribution >= 4 is 39.9 Å². The summed E-state index contributed by atoms with van der Waals surface area (Å²) in [5.74, 6) is -1.60. The molecular weight excluding hydrogens is 468 g/mol. The normalized spacial score (nSPS) is 15.8. The second kappa shape index (κ2) is 8.60. The highest BCUT2D eigenvalue weighted by molar-refractivity contribution is 6.31. The van der Waals surface area contributed by atoms with Crippen LogP contribution in [0, 0.1) is 13.8 Å². The molecule has 0 fully saturated rings. The number of carbonyl (C=O) groups excluding carboxylic acids is 2. The van der Waals surface area contributed by atoms with E-state index in [1.54, 1.807) is 36.7 Å². The maximum Gasteiger partial charge on any atom is 0.294 e. The van der Waals surface area contributed by atoms with Crippen molar-refractivity contribution in [3.63, 3.8) is 0 Å². The summed E-state index contributed by atoms with van der Waals surface area (Å²) in [7, 11) is 1.47. The topological polar surface area (TPSA) is 92.9 Å². The SMILES string of the molecule is COc1cc(Cl)cc2cc(C(=O)C3=C(O)C(=O)N(c4cc(C)ccc4C)C3c3cccnc3)oc12. The molecule has 8 heteroatoms. The average molecular weight is 489 g/mol. The summed E-state index contributed by atoms with van der Waals surface area (Å²) in [5, 5.41) is 12.0. The molecule has 1 N–H and O–H groups in total. The number of aliphatic hydroxyl groups is 1. The fraction of sp³-hybridized carbons (Fsp3) is 0.148. The summed E-state index contributed by atoms with van der Waals surface area (Å²) < 4.78 is 11.2. The molecule has 0 aliphatic carbocycles. The lowest BCUT2D eigenvalue weighted by Crippen LogP contribution is -2.31. The van der Waals surface area contributed by atoms with Gasteiger partial charge >= 0.3 is 0 Å². The van der Waals surface area contributed by atoms with Gasteiger partial charge in [0.2, 0.25) is 5.78 Å². The molecule has 1 aliphatic rings. The molecule has 1 unspecified atom stereocenters. The van der Waals surface area contributed by atoms with E-state index in [0.29, 0.717) is 33.0 Å². The van der Waals surface area contributed by atoms with Crippen molar-refractivity contribution in [2.24, 2.45) is 0 Å². The molecule has 1 aliphatic heterocycles. The Hall–Kier alpha value is -4.10. The third-order valence-electron chi connectivity index (χ3n) is 6.07. The Kier molecular flexibility index (Phi) is 5.57. The van der Waals surface area contributed by atoms with Crippen LogP contribution in [0.3, 0.4) is 0 Å². The molecule has 35 heavy (non-hydrogen) atoms. The van der Waals surface area contributed by atoms with E-state index in [9.17, 15) is 14.7 Å². The number of amides is 1. The Bertz CT molecular complexity index is 1520. The number of nitrogens with zero attached hydrogens (tertiary/aromatic N) is 2. The lowest BCUT2D eigenvalue weighted by atomic mass is 9.95. The van der Waals surface area contributed by atoms with E-state index >= 15 is 0 Å². The van der Waals surface area contributed by atoms with Crippen LogP contribution in [-0.2, 0) is 4.79 Å². The fourth-order valence-corrected chi connectivity index (χ4v) is 4.62. The number of aromatic nitrogens is 1. The van der Waals surface area contributed by atoms with E-state index in [2.05, 4.69) is 4.98 Å². The van der Waals surface area contributed by atoms with Crippen molar-refractivity contribution in [2.45, 2.75) is 19.9 Å². The number of ether oxygens (including phenoxy) is 1. The third-order valence-corrected chi connectivity index (χ3v) is 6.29. The monoisotopic (exact) mass is 488 g/mol. The Labute approximate surface area is 206 Å². The predicted octanol–water partition coefficient (Wildman–Crippen LogP) is 5.89. The fourth-order valence-electron chi connectivity index (χ4n) is 4.40. The number of hydrogen-bond donors (Lipinski definition) is 1. The van der Waals surface area contributed by atoms with Gasteiger partial charge in [-0.25, -0.2) is 0 Å². The molecule has 2 aromatic heterocycles. The molecule has 5 rings (SSSR count). The highest BCUT2D eigenvalue weighted by atomic mass is 35.5. The first-order valence-electron chi connectivity index (χ1n) is 10.9. The van der Waals surface area contributed by atoms with Gasteiger partial charge in [0, 0.05) is 34.6 Å². The van der Waals surface area contributed by atoms with E-state index in [-0.39, 0.29) is 11.3 Å². The zero-order chi connectivity index (χ0) is 24.9. The van der Waals surface area contributed by atoms with Crippen LogP contribution in [0.2, 0.25) is 5.02 Å². The number of methoxy groups -OCH3 is 1. The van der Waals surface area contributed by atoms with Crippen LogP contribution >= 0.6 is 11.6 Å². The number of anilines is 1. The molecule has 4 aromatic rings. The van der Waals surface area contributed by atoms with Crippen molar-refractivity contribution in [1.82, 2.24) is 4.98 Å². The lowest BCUT2D eigenvalue weighted by molar-refractivity contribution is -0.117. The first kappa shape index (κ1) is 22.7. The summed E-state index contributed by atoms with van der Waals surface area (Å²) in [6, 6.07) is 13.0. The molecule has 0 radical (unpaired) electrons. The van der Waals surface area contributed by atoms with Crippen LogP contribution in [-0.4, -0.2) is 28.9 Å². The van der Waals surface area contributed by atoms with Gasteiger partial charge < -0.3 is 14.3 Å². The number of pyridine rings is 1. The van der Waals surface area contributed by atoms with Crippen molar-refractivity contribution in [3.05, 3.63) is 99.7 Å². The highest BCUT2D eigenvalue weighted by Crippen LogP contribution is 2.43. The molecule has 0 bridgehead atoms. The molecule has 1 amide bonds. The lowest BCUT2D eigenvalue weighted by Gasteiger charge is -2.28. The van der Waals surface area contributed by atoms with Crippen molar-refractivity contribution in [1.29, 1.82) is 0 Å². The number of furan rings is 1. The molecule has 0 saturated heterocycles. The summed E-state index contributed by atoms with van der Waals surface area (Å²) in [5.41, 5.74) is 3.18. The first-order valence-corrected chi connectivity index (χ1v) is 11.2. The minimum absolute atomic E-state index is 0.0494. The maximum absolute atomic E-state index is 13.8. The summed E-state index contributed by atoms with van der Waals surface area (Å²) in [6.07, 6.45) is 3.17. The Morgan fingerprint density at radius 3 is 2.69 bits per heavy atom. The van der Waals surface area contributed by atoms with Crippen LogP contribution in [0.4, 0.5) is 5.69 Å². The highest BCUT2D eigenvalue weighted by Gasteiger charge is 2.46. The number of Topliss-reactive ketones (excluding diaryl/α,β-unsaturated/α-hetero) is 1. The maximum atomic E-state index is 13.8. The van der Waals surface area contributed by atoms with Crippen LogP contribution in [0.25, 0.3) is 11.0 Å². The van der Waals surface area contributed by atoms with Gasteiger partial charge in [0.1, 0.15) is 0 Å². The van der Waals surface area contributed by atoms with Gasteiger partial charge in [0.25, 0.3) is 5.91 Å². The number of rotatable bonds is 5. The van der Waals surface area contributed by atoms with E-state index in [1.165, 1.54) is 18.1 Å². The van der Waals surface area contributed by atoms with Gasteiger partial charge in [-0.1, -0.05) is 29.8 Å². The largest absolute Gasteiger partial charge is 0.503 e. The summed E-state index contributed by atoms with van der Waals surface area (Å²) in [4.78, 5) is 32.8. The number of ketones is 1. The van der Waals surface area contributed by atoms with Crippen molar-refractivity contribution in [2.75, 3.05) is 12.0 Å². The number of benzene rings is 2. The van der Waals surface area contributed by atoms with E-state index < -0.39 is 23.5 Å². The van der Waals surface area contributed by atoms with Gasteiger partial charge in [-0.05, 0) is 54.8 Å². The number of aryl methyl sites for hydroxylation is 2.